The molecule has 4 rings (SSSR count). The Labute approximate surface area is 187 Å². The highest BCUT2D eigenvalue weighted by Gasteiger charge is 2.55. The van der Waals surface area contributed by atoms with Gasteiger partial charge in [0.2, 0.25) is 0 Å². The molecule has 0 fully saturated rings. The maximum Gasteiger partial charge on any atom is 0.264 e. The minimum absolute atomic E-state index is 0.173. The number of aryl methyl sites for hydroxylation is 1. The number of hydrogen-bond acceptors (Lipinski definition) is 3. The zero-order valence-corrected chi connectivity index (χ0v) is 19.6. The van der Waals surface area contributed by atoms with E-state index < -0.39 is 15.6 Å². The molecule has 0 bridgehead atoms. The second-order valence-corrected chi connectivity index (χ2v) is 10.8. The molecule has 2 aliphatic rings. The third-order valence-electron chi connectivity index (χ3n) is 6.63. The quantitative estimate of drug-likeness (QED) is 0.493. The first-order valence-corrected chi connectivity index (χ1v) is 12.8. The van der Waals surface area contributed by atoms with E-state index in [1.165, 1.54) is 12.8 Å². The Morgan fingerprint density at radius 1 is 1.03 bits per heavy atom. The molecule has 0 N–H and O–H groups in total. The molecule has 2 atom stereocenters. The molecule has 0 saturated heterocycles. The van der Waals surface area contributed by atoms with Crippen molar-refractivity contribution in [2.45, 2.75) is 82.4 Å². The molecule has 2 aliphatic heterocycles. The molecule has 4 nitrogen and oxygen atoms in total. The zero-order valence-electron chi connectivity index (χ0n) is 18.8. The largest absolute Gasteiger partial charge is 0.371 e. The summed E-state index contributed by atoms with van der Waals surface area (Å²) >= 11 is 0. The molecule has 0 radical (unpaired) electrons. The zero-order chi connectivity index (χ0) is 22.1. The van der Waals surface area contributed by atoms with Crippen LogP contribution in [0.1, 0.15) is 69.1 Å². The van der Waals surface area contributed by atoms with Crippen LogP contribution in [-0.4, -0.2) is 18.8 Å². The summed E-state index contributed by atoms with van der Waals surface area (Å²) in [5.74, 6) is 0. The smallest absolute Gasteiger partial charge is 0.264 e. The van der Waals surface area contributed by atoms with E-state index in [4.69, 9.17) is 4.74 Å². The van der Waals surface area contributed by atoms with E-state index in [0.717, 1.165) is 41.5 Å². The normalized spacial score (nSPS) is 23.1. The van der Waals surface area contributed by atoms with Crippen LogP contribution >= 0.6 is 0 Å². The van der Waals surface area contributed by atoms with Crippen molar-refractivity contribution in [2.75, 3.05) is 0 Å². The lowest BCUT2D eigenvalue weighted by molar-refractivity contribution is -0.0654. The van der Waals surface area contributed by atoms with Crippen LogP contribution in [0.25, 0.3) is 0 Å². The number of nitrogens with zero attached hydrogens (tertiary/aromatic N) is 1. The lowest BCUT2D eigenvalue weighted by Crippen LogP contribution is -2.55. The molecular weight excluding hydrogens is 406 g/mol. The Bertz CT molecular complexity index is 1060. The molecule has 2 heterocycles. The van der Waals surface area contributed by atoms with Crippen LogP contribution in [0.15, 0.2) is 65.2 Å². The van der Waals surface area contributed by atoms with Gasteiger partial charge in [-0.05, 0) is 43.5 Å². The van der Waals surface area contributed by atoms with E-state index in [1.807, 2.05) is 44.3 Å². The second-order valence-electron chi connectivity index (χ2n) is 9.00. The van der Waals surface area contributed by atoms with Gasteiger partial charge in [0.05, 0.1) is 17.6 Å². The van der Waals surface area contributed by atoms with Crippen molar-refractivity contribution >= 4 is 10.0 Å². The summed E-state index contributed by atoms with van der Waals surface area (Å²) in [4.78, 5) is 0.330. The van der Waals surface area contributed by atoms with Gasteiger partial charge in [-0.25, -0.2) is 8.42 Å². The van der Waals surface area contributed by atoms with Gasteiger partial charge in [0.15, 0.2) is 0 Å². The lowest BCUT2D eigenvalue weighted by Gasteiger charge is -2.48. The molecule has 2 aromatic rings. The SMILES string of the molecule is CCCCCCC1OCc2ccccc2C12CC(C)=CN2S(=O)(=O)c1ccc(C)cc1. The van der Waals surface area contributed by atoms with Gasteiger partial charge in [-0.2, -0.15) is 0 Å². The van der Waals surface area contributed by atoms with Gasteiger partial charge in [-0.3, -0.25) is 4.31 Å². The summed E-state index contributed by atoms with van der Waals surface area (Å²) in [5, 5.41) is 0. The summed E-state index contributed by atoms with van der Waals surface area (Å²) in [5.41, 5.74) is 3.55. The molecule has 2 aromatic carbocycles. The Balaban J connectivity index is 1.81. The Morgan fingerprint density at radius 3 is 2.52 bits per heavy atom. The van der Waals surface area contributed by atoms with Crippen molar-refractivity contribution in [3.8, 4) is 0 Å². The van der Waals surface area contributed by atoms with Crippen molar-refractivity contribution in [3.63, 3.8) is 0 Å². The molecule has 0 saturated carbocycles. The summed E-state index contributed by atoms with van der Waals surface area (Å²) in [6, 6.07) is 15.3. The fourth-order valence-corrected chi connectivity index (χ4v) is 6.83. The van der Waals surface area contributed by atoms with Gasteiger partial charge < -0.3 is 4.74 Å². The fraction of sp³-hybridized carbons (Fsp3) is 0.462. The van der Waals surface area contributed by atoms with Crippen molar-refractivity contribution in [1.82, 2.24) is 4.31 Å². The molecule has 31 heavy (non-hydrogen) atoms. The number of sulfonamides is 1. The topological polar surface area (TPSA) is 46.6 Å². The van der Waals surface area contributed by atoms with Gasteiger partial charge in [-0.15, -0.1) is 0 Å². The molecule has 0 aromatic heterocycles. The van der Waals surface area contributed by atoms with Crippen molar-refractivity contribution < 1.29 is 13.2 Å². The summed E-state index contributed by atoms with van der Waals surface area (Å²) in [7, 11) is -3.73. The van der Waals surface area contributed by atoms with E-state index >= 15 is 0 Å². The van der Waals surface area contributed by atoms with Crippen LogP contribution in [0.3, 0.4) is 0 Å². The van der Waals surface area contributed by atoms with E-state index in [9.17, 15) is 8.42 Å². The van der Waals surface area contributed by atoms with E-state index in [1.54, 1.807) is 16.4 Å². The number of benzene rings is 2. The number of rotatable bonds is 7. The number of hydrogen-bond donors (Lipinski definition) is 0. The highest BCUT2D eigenvalue weighted by molar-refractivity contribution is 7.89. The fourth-order valence-electron chi connectivity index (χ4n) is 5.09. The average Bonchev–Trinajstić information content (AvgIpc) is 3.11. The Hall–Kier alpha value is -2.11. The van der Waals surface area contributed by atoms with E-state index in [-0.39, 0.29) is 6.10 Å². The van der Waals surface area contributed by atoms with Gasteiger partial charge in [-0.1, -0.05) is 80.1 Å². The second kappa shape index (κ2) is 8.79. The lowest BCUT2D eigenvalue weighted by atomic mass is 9.76. The van der Waals surface area contributed by atoms with Crippen LogP contribution in [0.5, 0.6) is 0 Å². The maximum absolute atomic E-state index is 13.9. The molecule has 166 valence electrons. The first-order valence-electron chi connectivity index (χ1n) is 11.4. The van der Waals surface area contributed by atoms with Gasteiger partial charge in [0.1, 0.15) is 5.54 Å². The predicted octanol–water partition coefficient (Wildman–Crippen LogP) is 6.06. The summed E-state index contributed by atoms with van der Waals surface area (Å²) in [6.07, 6.45) is 7.73. The van der Waals surface area contributed by atoms with Gasteiger partial charge >= 0.3 is 0 Å². The van der Waals surface area contributed by atoms with Crippen LogP contribution in [0.2, 0.25) is 0 Å². The summed E-state index contributed by atoms with van der Waals surface area (Å²) < 4.78 is 35.9. The van der Waals surface area contributed by atoms with Crippen molar-refractivity contribution in [1.29, 1.82) is 0 Å². The third-order valence-corrected chi connectivity index (χ3v) is 8.45. The van der Waals surface area contributed by atoms with Gasteiger partial charge in [0, 0.05) is 12.6 Å². The first kappa shape index (κ1) is 22.1. The van der Waals surface area contributed by atoms with Gasteiger partial charge in [0.25, 0.3) is 10.0 Å². The van der Waals surface area contributed by atoms with Crippen LogP contribution in [-0.2, 0) is 26.9 Å². The predicted molar refractivity (Wildman–Crippen MR) is 124 cm³/mol. The molecule has 1 spiro atoms. The number of fused-ring (bicyclic) bond motifs is 2. The molecule has 5 heteroatoms. The minimum Gasteiger partial charge on any atom is -0.371 e. The monoisotopic (exact) mass is 439 g/mol. The highest BCUT2D eigenvalue weighted by Crippen LogP contribution is 2.51. The first-order chi connectivity index (χ1) is 14.9. The van der Waals surface area contributed by atoms with E-state index in [0.29, 0.717) is 17.9 Å². The molecule has 0 amide bonds. The third kappa shape index (κ3) is 3.94. The van der Waals surface area contributed by atoms with Crippen LogP contribution in [0, 0.1) is 6.92 Å². The highest BCUT2D eigenvalue weighted by atomic mass is 32.2. The van der Waals surface area contributed by atoms with Crippen LogP contribution < -0.4 is 0 Å². The standard InChI is InChI=1S/C26H33NO3S/c1-4-5-6-7-12-25-26(24-11-9-8-10-22(24)19-30-25)17-21(3)18-27(26)31(28,29)23-15-13-20(2)14-16-23/h8-11,13-16,18,25H,4-7,12,17,19H2,1-3H3. The number of unbranched alkanes of at least 4 members (excludes halogenated alkanes) is 3. The summed E-state index contributed by atoms with van der Waals surface area (Å²) in [6.45, 7) is 6.73. The molecular formula is C26H33NO3S. The maximum atomic E-state index is 13.9. The van der Waals surface area contributed by atoms with Crippen molar-refractivity contribution in [2.24, 2.45) is 0 Å². The molecule has 0 aliphatic carbocycles. The molecule has 2 unspecified atom stereocenters. The van der Waals surface area contributed by atoms with Crippen LogP contribution in [0.4, 0.5) is 0 Å². The minimum atomic E-state index is -3.73. The van der Waals surface area contributed by atoms with Crippen molar-refractivity contribution in [3.05, 3.63) is 77.0 Å². The van der Waals surface area contributed by atoms with E-state index in [2.05, 4.69) is 19.1 Å². The number of ether oxygens (including phenoxy) is 1. The Kier molecular flexibility index (Phi) is 6.27. The average molecular weight is 440 g/mol. The Morgan fingerprint density at radius 2 is 1.77 bits per heavy atom.